The van der Waals surface area contributed by atoms with Crippen LogP contribution in [0.5, 0.6) is 0 Å². The first-order chi connectivity index (χ1) is 9.85. The van der Waals surface area contributed by atoms with E-state index >= 15 is 0 Å². The van der Waals surface area contributed by atoms with Gasteiger partial charge in [-0.25, -0.2) is 0 Å². The number of methoxy groups -OCH3 is 1. The average molecular weight is 311 g/mol. The molecule has 1 aromatic carbocycles. The van der Waals surface area contributed by atoms with Gasteiger partial charge in [0.1, 0.15) is 11.6 Å². The lowest BCUT2D eigenvalue weighted by molar-refractivity contribution is -0.144. The number of hydrogen-bond donors (Lipinski definition) is 0. The van der Waals surface area contributed by atoms with E-state index in [-0.39, 0.29) is 24.4 Å². The van der Waals surface area contributed by atoms with E-state index in [1.807, 2.05) is 0 Å². The Balaban J connectivity index is 2.89. The second-order valence-electron chi connectivity index (χ2n) is 5.10. The molecule has 0 unspecified atom stereocenters. The summed E-state index contributed by atoms with van der Waals surface area (Å²) in [6.45, 7) is 3.14. The minimum Gasteiger partial charge on any atom is -0.469 e. The van der Waals surface area contributed by atoms with E-state index in [1.165, 1.54) is 14.0 Å². The largest absolute Gasteiger partial charge is 0.469 e. The summed E-state index contributed by atoms with van der Waals surface area (Å²) < 4.78 is 4.77. The molecule has 5 heteroatoms. The number of halogens is 1. The van der Waals surface area contributed by atoms with Crippen LogP contribution >= 0.6 is 11.6 Å². The summed E-state index contributed by atoms with van der Waals surface area (Å²) in [4.78, 5) is 35.2. The molecular weight excluding hydrogens is 292 g/mol. The third-order valence-electron chi connectivity index (χ3n) is 3.31. The van der Waals surface area contributed by atoms with E-state index in [9.17, 15) is 14.4 Å². The topological polar surface area (TPSA) is 60.4 Å². The molecule has 0 aliphatic heterocycles. The van der Waals surface area contributed by atoms with Gasteiger partial charge in [0.2, 0.25) is 0 Å². The molecule has 4 nitrogen and oxygen atoms in total. The smallest absolute Gasteiger partial charge is 0.313 e. The zero-order chi connectivity index (χ0) is 16.0. The van der Waals surface area contributed by atoms with Crippen LogP contribution in [0.4, 0.5) is 0 Å². The number of ether oxygens (including phenoxy) is 1. The molecule has 114 valence electrons. The fraction of sp³-hybridized carbons (Fsp3) is 0.438. The predicted molar refractivity (Wildman–Crippen MR) is 80.3 cm³/mol. The summed E-state index contributed by atoms with van der Waals surface area (Å²) in [5.41, 5.74) is 0.676. The van der Waals surface area contributed by atoms with Crippen LogP contribution in [0.3, 0.4) is 0 Å². The number of carbonyl (C=O) groups is 3. The molecule has 0 aromatic heterocycles. The number of carbonyl (C=O) groups excluding carboxylic acids is 3. The first-order valence-corrected chi connectivity index (χ1v) is 7.08. The Kier molecular flexibility index (Phi) is 6.56. The van der Waals surface area contributed by atoms with Crippen LogP contribution in [-0.4, -0.2) is 24.6 Å². The first kappa shape index (κ1) is 17.4. The van der Waals surface area contributed by atoms with E-state index in [4.69, 9.17) is 16.3 Å². The third kappa shape index (κ3) is 5.31. The van der Waals surface area contributed by atoms with Crippen molar-refractivity contribution in [3.8, 4) is 0 Å². The molecule has 0 heterocycles. The van der Waals surface area contributed by atoms with Gasteiger partial charge in [0.25, 0.3) is 0 Å². The Morgan fingerprint density at radius 3 is 2.19 bits per heavy atom. The number of ketones is 2. The van der Waals surface area contributed by atoms with Crippen LogP contribution in [0.15, 0.2) is 24.3 Å². The Hall–Kier alpha value is -1.68. The number of rotatable bonds is 7. The van der Waals surface area contributed by atoms with Gasteiger partial charge in [-0.15, -0.1) is 0 Å². The molecule has 0 N–H and O–H groups in total. The van der Waals surface area contributed by atoms with Crippen LogP contribution in [0.1, 0.15) is 38.2 Å². The number of benzene rings is 1. The van der Waals surface area contributed by atoms with Gasteiger partial charge in [0.05, 0.1) is 13.0 Å². The normalized spacial score (nSPS) is 13.3. The van der Waals surface area contributed by atoms with Gasteiger partial charge < -0.3 is 9.53 Å². The summed E-state index contributed by atoms with van der Waals surface area (Å²) in [5, 5.41) is 0.554. The summed E-state index contributed by atoms with van der Waals surface area (Å²) in [6, 6.07) is 6.73. The van der Waals surface area contributed by atoms with Gasteiger partial charge in [0.15, 0.2) is 0 Å². The molecule has 0 amide bonds. The van der Waals surface area contributed by atoms with Crippen molar-refractivity contribution in [3.05, 3.63) is 34.9 Å². The molecule has 0 saturated carbocycles. The molecule has 0 saturated heterocycles. The number of esters is 1. The van der Waals surface area contributed by atoms with E-state index in [0.717, 1.165) is 0 Å². The lowest BCUT2D eigenvalue weighted by atomic mass is 9.88. The van der Waals surface area contributed by atoms with Crippen LogP contribution < -0.4 is 0 Å². The Labute approximate surface area is 129 Å². The highest BCUT2D eigenvalue weighted by Gasteiger charge is 2.27. The maximum absolute atomic E-state index is 12.2. The summed E-state index contributed by atoms with van der Waals surface area (Å²) >= 11 is 5.82. The Morgan fingerprint density at radius 1 is 1.14 bits per heavy atom. The van der Waals surface area contributed by atoms with Crippen molar-refractivity contribution >= 4 is 29.1 Å². The van der Waals surface area contributed by atoms with E-state index < -0.39 is 17.8 Å². The quantitative estimate of drug-likeness (QED) is 0.726. The Morgan fingerprint density at radius 2 is 1.71 bits per heavy atom. The zero-order valence-electron chi connectivity index (χ0n) is 12.4. The third-order valence-corrected chi connectivity index (χ3v) is 3.56. The molecule has 0 aliphatic carbocycles. The lowest BCUT2D eigenvalue weighted by Crippen LogP contribution is -2.22. The van der Waals surface area contributed by atoms with Crippen molar-refractivity contribution in [3.63, 3.8) is 0 Å². The highest BCUT2D eigenvalue weighted by atomic mass is 35.5. The first-order valence-electron chi connectivity index (χ1n) is 6.70. The van der Waals surface area contributed by atoms with Gasteiger partial charge in [-0.3, -0.25) is 9.59 Å². The van der Waals surface area contributed by atoms with Crippen LogP contribution in [-0.2, 0) is 19.1 Å². The van der Waals surface area contributed by atoms with Crippen molar-refractivity contribution in [1.29, 1.82) is 0 Å². The summed E-state index contributed by atoms with van der Waals surface area (Å²) in [7, 11) is 1.29. The van der Waals surface area contributed by atoms with E-state index in [0.29, 0.717) is 10.6 Å². The molecule has 21 heavy (non-hydrogen) atoms. The van der Waals surface area contributed by atoms with Gasteiger partial charge >= 0.3 is 5.97 Å². The maximum Gasteiger partial charge on any atom is 0.313 e. The van der Waals surface area contributed by atoms with Gasteiger partial charge in [0, 0.05) is 23.8 Å². The highest BCUT2D eigenvalue weighted by Crippen LogP contribution is 2.25. The fourth-order valence-electron chi connectivity index (χ4n) is 2.12. The summed E-state index contributed by atoms with van der Waals surface area (Å²) in [5.74, 6) is -1.72. The van der Waals surface area contributed by atoms with Gasteiger partial charge in [-0.1, -0.05) is 30.7 Å². The molecular formula is C16H19ClO4. The van der Waals surface area contributed by atoms with E-state index in [1.54, 1.807) is 31.2 Å². The molecule has 0 fully saturated rings. The second-order valence-corrected chi connectivity index (χ2v) is 5.54. The highest BCUT2D eigenvalue weighted by molar-refractivity contribution is 6.30. The minimum absolute atomic E-state index is 0.0166. The van der Waals surface area contributed by atoms with Crippen molar-refractivity contribution in [2.75, 3.05) is 7.11 Å². The standard InChI is InChI=1S/C16H19ClO4/c1-10(8-11(2)18)15(19)9-14(16(20)21-3)12-4-6-13(17)7-5-12/h4-7,10,14H,8-9H2,1-3H3/t10-,14-/m0/s1. The van der Waals surface area contributed by atoms with Crippen molar-refractivity contribution in [2.45, 2.75) is 32.6 Å². The van der Waals surface area contributed by atoms with Gasteiger partial charge in [-0.2, -0.15) is 0 Å². The minimum atomic E-state index is -0.672. The lowest BCUT2D eigenvalue weighted by Gasteiger charge is -2.16. The van der Waals surface area contributed by atoms with Crippen LogP contribution in [0.25, 0.3) is 0 Å². The second kappa shape index (κ2) is 7.93. The van der Waals surface area contributed by atoms with E-state index in [2.05, 4.69) is 0 Å². The zero-order valence-corrected chi connectivity index (χ0v) is 13.1. The van der Waals surface area contributed by atoms with Crippen LogP contribution in [0, 0.1) is 5.92 Å². The predicted octanol–water partition coefficient (Wildman–Crippen LogP) is 3.17. The molecule has 1 rings (SSSR count). The Bertz CT molecular complexity index is 522. The van der Waals surface area contributed by atoms with Gasteiger partial charge in [-0.05, 0) is 24.6 Å². The fourth-order valence-corrected chi connectivity index (χ4v) is 2.25. The van der Waals surface area contributed by atoms with Crippen LogP contribution in [0.2, 0.25) is 5.02 Å². The monoisotopic (exact) mass is 310 g/mol. The number of Topliss-reactive ketones (excluding diaryl/α,β-unsaturated/α-hetero) is 2. The molecule has 0 spiro atoms. The average Bonchev–Trinajstić information content (AvgIpc) is 2.44. The SMILES string of the molecule is COC(=O)[C@@H](CC(=O)[C@@H](C)CC(C)=O)c1ccc(Cl)cc1. The van der Waals surface area contributed by atoms with Crippen molar-refractivity contribution < 1.29 is 19.1 Å². The molecule has 0 radical (unpaired) electrons. The molecule has 0 aliphatic rings. The molecule has 1 aromatic rings. The maximum atomic E-state index is 12.2. The van der Waals surface area contributed by atoms with Crippen molar-refractivity contribution in [1.82, 2.24) is 0 Å². The summed E-state index contributed by atoms with van der Waals surface area (Å²) in [6.07, 6.45) is 0.204. The van der Waals surface area contributed by atoms with Crippen molar-refractivity contribution in [2.24, 2.45) is 5.92 Å². The number of hydrogen-bond acceptors (Lipinski definition) is 4. The molecule has 0 bridgehead atoms. The molecule has 2 atom stereocenters.